The molecule has 1 fully saturated rings. The van der Waals surface area contributed by atoms with Crippen molar-refractivity contribution >= 4 is 17.7 Å². The standard InChI is InChI=1S/C12H21N5OS/c1-9(11(18)16(2)3)19-12-13-14-15-17(12)10-7-5-4-6-8-10/h9-10H,4-8H2,1-3H3. The fourth-order valence-corrected chi connectivity index (χ4v) is 3.40. The second-order valence-corrected chi connectivity index (χ2v) is 6.50. The van der Waals surface area contributed by atoms with E-state index in [9.17, 15) is 4.79 Å². The number of hydrogen-bond donors (Lipinski definition) is 0. The molecule has 0 radical (unpaired) electrons. The van der Waals surface area contributed by atoms with Crippen LogP contribution in [-0.4, -0.2) is 50.4 Å². The summed E-state index contributed by atoms with van der Waals surface area (Å²) in [6.07, 6.45) is 6.04. The zero-order chi connectivity index (χ0) is 13.8. The van der Waals surface area contributed by atoms with Crippen LogP contribution in [0.25, 0.3) is 0 Å². The smallest absolute Gasteiger partial charge is 0.235 e. The lowest BCUT2D eigenvalue weighted by Crippen LogP contribution is -2.30. The van der Waals surface area contributed by atoms with Crippen molar-refractivity contribution in [2.24, 2.45) is 0 Å². The van der Waals surface area contributed by atoms with Crippen molar-refractivity contribution in [2.45, 2.75) is 55.5 Å². The molecule has 1 atom stereocenters. The van der Waals surface area contributed by atoms with Crippen molar-refractivity contribution in [3.8, 4) is 0 Å². The van der Waals surface area contributed by atoms with Crippen LogP contribution in [0.3, 0.4) is 0 Å². The molecule has 1 unspecified atom stereocenters. The molecule has 6 nitrogen and oxygen atoms in total. The van der Waals surface area contributed by atoms with E-state index in [0.29, 0.717) is 6.04 Å². The van der Waals surface area contributed by atoms with Gasteiger partial charge in [-0.1, -0.05) is 31.0 Å². The van der Waals surface area contributed by atoms with Gasteiger partial charge in [-0.2, -0.15) is 0 Å². The topological polar surface area (TPSA) is 63.9 Å². The molecule has 0 saturated heterocycles. The Morgan fingerprint density at radius 3 is 2.68 bits per heavy atom. The average molecular weight is 283 g/mol. The first-order chi connectivity index (χ1) is 9.09. The Kier molecular flexibility index (Phi) is 4.79. The number of aromatic nitrogens is 4. The van der Waals surface area contributed by atoms with Crippen LogP contribution in [0.4, 0.5) is 0 Å². The number of carbonyl (C=O) groups is 1. The molecule has 0 N–H and O–H groups in total. The zero-order valence-electron chi connectivity index (χ0n) is 11.7. The first-order valence-electron chi connectivity index (χ1n) is 6.75. The van der Waals surface area contributed by atoms with E-state index in [2.05, 4.69) is 15.5 Å². The van der Waals surface area contributed by atoms with E-state index in [-0.39, 0.29) is 11.2 Å². The maximum atomic E-state index is 11.9. The maximum Gasteiger partial charge on any atom is 0.235 e. The number of nitrogens with zero attached hydrogens (tertiary/aromatic N) is 5. The molecule has 1 aliphatic carbocycles. The third-order valence-corrected chi connectivity index (χ3v) is 4.49. The van der Waals surface area contributed by atoms with Crippen LogP contribution in [-0.2, 0) is 4.79 Å². The molecule has 19 heavy (non-hydrogen) atoms. The minimum Gasteiger partial charge on any atom is -0.348 e. The number of hydrogen-bond acceptors (Lipinski definition) is 5. The van der Waals surface area contributed by atoms with Crippen LogP contribution in [0.2, 0.25) is 0 Å². The van der Waals surface area contributed by atoms with Crippen molar-refractivity contribution in [2.75, 3.05) is 14.1 Å². The van der Waals surface area contributed by atoms with Crippen molar-refractivity contribution in [1.29, 1.82) is 0 Å². The van der Waals surface area contributed by atoms with Gasteiger partial charge in [0.15, 0.2) is 0 Å². The molecular weight excluding hydrogens is 262 g/mol. The molecule has 1 aromatic heterocycles. The summed E-state index contributed by atoms with van der Waals surface area (Å²) in [5.74, 6) is 0.0863. The average Bonchev–Trinajstić information content (AvgIpc) is 2.86. The molecule has 1 saturated carbocycles. The lowest BCUT2D eigenvalue weighted by atomic mass is 9.96. The van der Waals surface area contributed by atoms with Gasteiger partial charge in [-0.05, 0) is 30.2 Å². The lowest BCUT2D eigenvalue weighted by molar-refractivity contribution is -0.127. The monoisotopic (exact) mass is 283 g/mol. The fraction of sp³-hybridized carbons (Fsp3) is 0.833. The van der Waals surface area contributed by atoms with E-state index in [4.69, 9.17) is 0 Å². The molecule has 1 amide bonds. The summed E-state index contributed by atoms with van der Waals surface area (Å²) in [5.41, 5.74) is 0. The number of carbonyl (C=O) groups excluding carboxylic acids is 1. The normalized spacial score (nSPS) is 18.3. The maximum absolute atomic E-state index is 11.9. The first-order valence-corrected chi connectivity index (χ1v) is 7.63. The van der Waals surface area contributed by atoms with Gasteiger partial charge in [0.1, 0.15) is 0 Å². The van der Waals surface area contributed by atoms with Crippen molar-refractivity contribution in [1.82, 2.24) is 25.1 Å². The predicted octanol–water partition coefficient (Wildman–Crippen LogP) is 1.75. The Bertz CT molecular complexity index is 428. The van der Waals surface area contributed by atoms with Gasteiger partial charge in [0.05, 0.1) is 11.3 Å². The molecule has 0 spiro atoms. The largest absolute Gasteiger partial charge is 0.348 e. The van der Waals surface area contributed by atoms with E-state index < -0.39 is 0 Å². The summed E-state index contributed by atoms with van der Waals surface area (Å²) in [4.78, 5) is 13.5. The molecule has 1 aromatic rings. The summed E-state index contributed by atoms with van der Waals surface area (Å²) >= 11 is 1.44. The summed E-state index contributed by atoms with van der Waals surface area (Å²) in [7, 11) is 3.53. The van der Waals surface area contributed by atoms with Crippen molar-refractivity contribution < 1.29 is 4.79 Å². The highest BCUT2D eigenvalue weighted by Gasteiger charge is 2.24. The molecule has 1 aliphatic rings. The van der Waals surface area contributed by atoms with E-state index in [0.717, 1.165) is 18.0 Å². The SMILES string of the molecule is CC(Sc1nnnn1C1CCCCC1)C(=O)N(C)C. The highest BCUT2D eigenvalue weighted by molar-refractivity contribution is 8.00. The van der Waals surface area contributed by atoms with Gasteiger partial charge in [-0.25, -0.2) is 4.68 Å². The van der Waals surface area contributed by atoms with Gasteiger partial charge < -0.3 is 4.90 Å². The van der Waals surface area contributed by atoms with Gasteiger partial charge >= 0.3 is 0 Å². The van der Waals surface area contributed by atoms with Crippen LogP contribution in [0.15, 0.2) is 5.16 Å². The molecule has 1 heterocycles. The van der Waals surface area contributed by atoms with Gasteiger partial charge in [0.25, 0.3) is 0 Å². The van der Waals surface area contributed by atoms with Crippen LogP contribution < -0.4 is 0 Å². The van der Waals surface area contributed by atoms with Crippen LogP contribution in [0, 0.1) is 0 Å². The number of tetrazole rings is 1. The van der Waals surface area contributed by atoms with Crippen LogP contribution >= 0.6 is 11.8 Å². The number of thioether (sulfide) groups is 1. The molecule has 0 aliphatic heterocycles. The number of rotatable bonds is 4. The molecule has 2 rings (SSSR count). The Balaban J connectivity index is 2.05. The molecule has 0 aromatic carbocycles. The Labute approximate surface area is 117 Å². The lowest BCUT2D eigenvalue weighted by Gasteiger charge is -2.23. The van der Waals surface area contributed by atoms with Gasteiger partial charge in [-0.3, -0.25) is 4.79 Å². The third kappa shape index (κ3) is 3.46. The second-order valence-electron chi connectivity index (χ2n) is 5.19. The third-order valence-electron chi connectivity index (χ3n) is 3.45. The number of amides is 1. The Morgan fingerprint density at radius 1 is 1.37 bits per heavy atom. The van der Waals surface area contributed by atoms with Gasteiger partial charge in [0, 0.05) is 14.1 Å². The molecule has 7 heteroatoms. The van der Waals surface area contributed by atoms with Crippen LogP contribution in [0.1, 0.15) is 45.1 Å². The minimum atomic E-state index is -0.164. The van der Waals surface area contributed by atoms with Crippen molar-refractivity contribution in [3.63, 3.8) is 0 Å². The minimum absolute atomic E-state index is 0.0863. The zero-order valence-corrected chi connectivity index (χ0v) is 12.6. The quantitative estimate of drug-likeness (QED) is 0.788. The summed E-state index contributed by atoms with van der Waals surface area (Å²) in [5, 5.41) is 12.5. The Morgan fingerprint density at radius 2 is 2.05 bits per heavy atom. The molecular formula is C12H21N5OS. The van der Waals surface area contributed by atoms with E-state index in [1.165, 1.54) is 31.0 Å². The van der Waals surface area contributed by atoms with Crippen LogP contribution in [0.5, 0.6) is 0 Å². The van der Waals surface area contributed by atoms with Gasteiger partial charge in [-0.15, -0.1) is 5.10 Å². The summed E-state index contributed by atoms with van der Waals surface area (Å²) in [6, 6.07) is 0.396. The van der Waals surface area contributed by atoms with E-state index in [1.54, 1.807) is 19.0 Å². The second kappa shape index (κ2) is 6.36. The van der Waals surface area contributed by atoms with E-state index in [1.807, 2.05) is 11.6 Å². The summed E-state index contributed by atoms with van der Waals surface area (Å²) in [6.45, 7) is 1.90. The highest BCUT2D eigenvalue weighted by Crippen LogP contribution is 2.31. The summed E-state index contributed by atoms with van der Waals surface area (Å²) < 4.78 is 1.91. The molecule has 0 bridgehead atoms. The predicted molar refractivity (Wildman–Crippen MR) is 74.0 cm³/mol. The first kappa shape index (κ1) is 14.3. The van der Waals surface area contributed by atoms with Crippen molar-refractivity contribution in [3.05, 3.63) is 0 Å². The fourth-order valence-electron chi connectivity index (χ4n) is 2.39. The molecule has 106 valence electrons. The highest BCUT2D eigenvalue weighted by atomic mass is 32.2. The van der Waals surface area contributed by atoms with E-state index >= 15 is 0 Å². The van der Waals surface area contributed by atoms with Gasteiger partial charge in [0.2, 0.25) is 11.1 Å². The Hall–Kier alpha value is -1.11.